The number of carbonyl (C=O) groups excluding carboxylic acids is 3. The number of nitrogens with zero attached hydrogens (tertiary/aromatic N) is 2. The van der Waals surface area contributed by atoms with Crippen LogP contribution in [0.3, 0.4) is 0 Å². The first kappa shape index (κ1) is 25.4. The topological polar surface area (TPSA) is 115 Å². The molecule has 1 N–H and O–H groups in total. The largest absolute Gasteiger partial charge is 0.507 e. The third kappa shape index (κ3) is 4.88. The summed E-state index contributed by atoms with van der Waals surface area (Å²) >= 11 is 0. The summed E-state index contributed by atoms with van der Waals surface area (Å²) in [5.74, 6) is -1.80. The van der Waals surface area contributed by atoms with Gasteiger partial charge in [-0.25, -0.2) is 4.79 Å². The maximum Gasteiger partial charge on any atom is 0.338 e. The highest BCUT2D eigenvalue weighted by molar-refractivity contribution is 6.51. The summed E-state index contributed by atoms with van der Waals surface area (Å²) in [5.41, 5.74) is 1.17. The van der Waals surface area contributed by atoms with Crippen LogP contribution in [0.4, 0.5) is 5.69 Å². The summed E-state index contributed by atoms with van der Waals surface area (Å²) in [4.78, 5) is 44.5. The Bertz CT molecular complexity index is 1370. The second kappa shape index (κ2) is 10.5. The Morgan fingerprint density at radius 3 is 2.22 bits per heavy atom. The number of aliphatic hydroxyl groups excluding tert-OH is 1. The van der Waals surface area contributed by atoms with E-state index in [4.69, 9.17) is 14.2 Å². The molecular weight excluding hydrogens is 476 g/mol. The van der Waals surface area contributed by atoms with E-state index in [0.717, 1.165) is 0 Å². The summed E-state index contributed by atoms with van der Waals surface area (Å²) in [6.07, 6.45) is 1.25. The Balaban J connectivity index is 1.83. The minimum absolute atomic E-state index is 0.126. The molecule has 4 rings (SSSR count). The molecule has 37 heavy (non-hydrogen) atoms. The van der Waals surface area contributed by atoms with Gasteiger partial charge in [0.05, 0.1) is 37.2 Å². The van der Waals surface area contributed by atoms with E-state index in [9.17, 15) is 19.5 Å². The lowest BCUT2D eigenvalue weighted by atomic mass is 9.98. The molecule has 9 nitrogen and oxygen atoms in total. The number of hydrogen-bond donors (Lipinski definition) is 1. The van der Waals surface area contributed by atoms with Gasteiger partial charge in [0, 0.05) is 17.4 Å². The van der Waals surface area contributed by atoms with Crippen LogP contribution in [-0.2, 0) is 14.3 Å². The van der Waals surface area contributed by atoms with Gasteiger partial charge in [-0.1, -0.05) is 6.07 Å². The van der Waals surface area contributed by atoms with Gasteiger partial charge >= 0.3 is 5.97 Å². The average Bonchev–Trinajstić information content (AvgIpc) is 3.18. The van der Waals surface area contributed by atoms with Crippen LogP contribution in [0.15, 0.2) is 72.4 Å². The van der Waals surface area contributed by atoms with Crippen molar-refractivity contribution in [2.45, 2.75) is 26.0 Å². The molecule has 1 atom stereocenters. The summed E-state index contributed by atoms with van der Waals surface area (Å²) < 4.78 is 15.8. The molecule has 1 unspecified atom stereocenters. The number of aliphatic hydroxyl groups is 1. The number of rotatable bonds is 7. The minimum atomic E-state index is -1.01. The van der Waals surface area contributed by atoms with Crippen LogP contribution >= 0.6 is 0 Å². The lowest BCUT2D eigenvalue weighted by Gasteiger charge is -2.24. The molecule has 0 saturated carbocycles. The highest BCUT2D eigenvalue weighted by Crippen LogP contribution is 2.42. The standard InChI is InChI=1S/C28H26N2O7/c1-16(2)37-28(34)17-8-11-19(12-9-17)30-24(20-7-5-6-14-29-20)23(26(32)27(30)33)25(31)18-10-13-21(35-3)22(15-18)36-4/h5-16,24,31H,1-4H3/b25-23-. The van der Waals surface area contributed by atoms with Crippen molar-refractivity contribution in [2.24, 2.45) is 0 Å². The fraction of sp³-hybridized carbons (Fsp3) is 0.214. The first-order valence-corrected chi connectivity index (χ1v) is 11.5. The SMILES string of the molecule is COc1ccc(/C(O)=C2/C(=O)C(=O)N(c3ccc(C(=O)OC(C)C)cc3)C2c2ccccn2)cc1OC. The lowest BCUT2D eigenvalue weighted by Crippen LogP contribution is -2.29. The fourth-order valence-electron chi connectivity index (χ4n) is 4.10. The van der Waals surface area contributed by atoms with Gasteiger partial charge in [0.15, 0.2) is 11.5 Å². The van der Waals surface area contributed by atoms with Crippen molar-refractivity contribution in [1.82, 2.24) is 4.98 Å². The van der Waals surface area contributed by atoms with Crippen molar-refractivity contribution >= 4 is 29.1 Å². The van der Waals surface area contributed by atoms with Crippen LogP contribution in [0, 0.1) is 0 Å². The van der Waals surface area contributed by atoms with Crippen molar-refractivity contribution in [3.8, 4) is 11.5 Å². The van der Waals surface area contributed by atoms with Crippen molar-refractivity contribution in [3.63, 3.8) is 0 Å². The van der Waals surface area contributed by atoms with E-state index < -0.39 is 23.7 Å². The Morgan fingerprint density at radius 1 is 0.946 bits per heavy atom. The third-order valence-corrected chi connectivity index (χ3v) is 5.79. The number of anilines is 1. The van der Waals surface area contributed by atoms with Crippen LogP contribution in [-0.4, -0.2) is 48.1 Å². The predicted molar refractivity (Wildman–Crippen MR) is 136 cm³/mol. The van der Waals surface area contributed by atoms with Gasteiger partial charge < -0.3 is 19.3 Å². The first-order valence-electron chi connectivity index (χ1n) is 11.5. The van der Waals surface area contributed by atoms with Crippen molar-refractivity contribution in [3.05, 3.63) is 89.3 Å². The van der Waals surface area contributed by atoms with Gasteiger partial charge in [-0.2, -0.15) is 0 Å². The highest BCUT2D eigenvalue weighted by atomic mass is 16.5. The molecule has 1 fully saturated rings. The van der Waals surface area contributed by atoms with Crippen LogP contribution in [0.2, 0.25) is 0 Å². The summed E-state index contributed by atoms with van der Waals surface area (Å²) in [7, 11) is 2.94. The van der Waals surface area contributed by atoms with E-state index in [-0.39, 0.29) is 23.0 Å². The maximum atomic E-state index is 13.3. The maximum absolute atomic E-state index is 13.3. The van der Waals surface area contributed by atoms with Crippen LogP contribution in [0.1, 0.15) is 41.5 Å². The third-order valence-electron chi connectivity index (χ3n) is 5.79. The summed E-state index contributed by atoms with van der Waals surface area (Å²) in [6, 6.07) is 14.9. The van der Waals surface area contributed by atoms with Gasteiger partial charge in [0.1, 0.15) is 11.8 Å². The van der Waals surface area contributed by atoms with Gasteiger partial charge in [-0.15, -0.1) is 0 Å². The Labute approximate surface area is 213 Å². The quantitative estimate of drug-likeness (QED) is 0.220. The zero-order chi connectivity index (χ0) is 26.7. The van der Waals surface area contributed by atoms with Gasteiger partial charge in [-0.05, 0) is 68.4 Å². The summed E-state index contributed by atoms with van der Waals surface area (Å²) in [5, 5.41) is 11.3. The van der Waals surface area contributed by atoms with Gasteiger partial charge in [0.2, 0.25) is 0 Å². The number of ether oxygens (including phenoxy) is 3. The van der Waals surface area contributed by atoms with Gasteiger partial charge in [-0.3, -0.25) is 19.5 Å². The Morgan fingerprint density at radius 2 is 1.62 bits per heavy atom. The number of pyridine rings is 1. The number of methoxy groups -OCH3 is 2. The highest BCUT2D eigenvalue weighted by Gasteiger charge is 2.47. The van der Waals surface area contributed by atoms with Crippen LogP contribution in [0.25, 0.3) is 5.76 Å². The van der Waals surface area contributed by atoms with E-state index in [1.165, 1.54) is 43.5 Å². The molecule has 1 aliphatic rings. The number of benzene rings is 2. The molecular formula is C28H26N2O7. The number of Topliss-reactive ketones (excluding diaryl/α,β-unsaturated/α-hetero) is 1. The molecule has 9 heteroatoms. The number of amides is 1. The molecule has 190 valence electrons. The predicted octanol–water partition coefficient (Wildman–Crippen LogP) is 4.29. The molecule has 3 aromatic rings. The molecule has 0 radical (unpaired) electrons. The normalized spacial score (nSPS) is 16.7. The second-order valence-electron chi connectivity index (χ2n) is 8.49. The lowest BCUT2D eigenvalue weighted by molar-refractivity contribution is -0.132. The monoisotopic (exact) mass is 502 g/mol. The molecule has 0 aliphatic carbocycles. The van der Waals surface area contributed by atoms with E-state index in [0.29, 0.717) is 28.4 Å². The van der Waals surface area contributed by atoms with Crippen LogP contribution < -0.4 is 14.4 Å². The zero-order valence-electron chi connectivity index (χ0n) is 20.8. The Hall–Kier alpha value is -4.66. The van der Waals surface area contributed by atoms with Crippen LogP contribution in [0.5, 0.6) is 11.5 Å². The molecule has 2 heterocycles. The van der Waals surface area contributed by atoms with E-state index in [2.05, 4.69) is 4.98 Å². The van der Waals surface area contributed by atoms with Gasteiger partial charge in [0.25, 0.3) is 11.7 Å². The Kier molecular flexibility index (Phi) is 7.24. The molecule has 1 aromatic heterocycles. The van der Waals surface area contributed by atoms with E-state index >= 15 is 0 Å². The molecule has 1 saturated heterocycles. The second-order valence-corrected chi connectivity index (χ2v) is 8.49. The average molecular weight is 503 g/mol. The van der Waals surface area contributed by atoms with E-state index in [1.807, 2.05) is 0 Å². The molecule has 1 aliphatic heterocycles. The van der Waals surface area contributed by atoms with Crippen molar-refractivity contribution < 1.29 is 33.7 Å². The minimum Gasteiger partial charge on any atom is -0.507 e. The smallest absolute Gasteiger partial charge is 0.338 e. The molecule has 0 spiro atoms. The molecule has 1 amide bonds. The number of carbonyl (C=O) groups is 3. The number of ketones is 1. The molecule has 2 aromatic carbocycles. The summed E-state index contributed by atoms with van der Waals surface area (Å²) in [6.45, 7) is 3.49. The molecule has 0 bridgehead atoms. The number of esters is 1. The first-order chi connectivity index (χ1) is 17.8. The van der Waals surface area contributed by atoms with Crippen molar-refractivity contribution in [1.29, 1.82) is 0 Å². The van der Waals surface area contributed by atoms with Crippen molar-refractivity contribution in [2.75, 3.05) is 19.1 Å². The van der Waals surface area contributed by atoms with E-state index in [1.54, 1.807) is 56.3 Å². The fourth-order valence-corrected chi connectivity index (χ4v) is 4.10. The zero-order valence-corrected chi connectivity index (χ0v) is 20.8. The number of aromatic nitrogens is 1. The number of hydrogen-bond acceptors (Lipinski definition) is 8.